The lowest BCUT2D eigenvalue weighted by Crippen LogP contribution is -2.27. The molecule has 134 valence electrons. The predicted octanol–water partition coefficient (Wildman–Crippen LogP) is 4.27. The smallest absolute Gasteiger partial charge is 0.326 e. The van der Waals surface area contributed by atoms with Gasteiger partial charge in [0.25, 0.3) is 5.91 Å². The van der Waals surface area contributed by atoms with Crippen LogP contribution in [0.5, 0.6) is 0 Å². The fourth-order valence-electron chi connectivity index (χ4n) is 2.62. The van der Waals surface area contributed by atoms with Crippen LogP contribution >= 0.6 is 22.9 Å². The van der Waals surface area contributed by atoms with Gasteiger partial charge in [-0.2, -0.15) is 4.99 Å². The number of halogens is 2. The van der Waals surface area contributed by atoms with Crippen LogP contribution in [0, 0.1) is 5.82 Å². The van der Waals surface area contributed by atoms with Gasteiger partial charge in [0.2, 0.25) is 0 Å². The molecule has 0 radical (unpaired) electrons. The molecule has 1 amide bonds. The van der Waals surface area contributed by atoms with Crippen molar-refractivity contribution in [3.8, 4) is 0 Å². The zero-order chi connectivity index (χ0) is 18.8. The molecule has 8 heteroatoms. The second-order valence-corrected chi connectivity index (χ2v) is 6.94. The zero-order valence-electron chi connectivity index (χ0n) is 13.6. The number of hydrogen-bond acceptors (Lipinski definition) is 3. The van der Waals surface area contributed by atoms with E-state index in [2.05, 4.69) is 4.99 Å². The van der Waals surface area contributed by atoms with Crippen molar-refractivity contribution >= 4 is 45.0 Å². The lowest BCUT2D eigenvalue weighted by Gasteiger charge is -2.13. The van der Waals surface area contributed by atoms with Crippen LogP contribution in [0.4, 0.5) is 4.39 Å². The zero-order valence-corrected chi connectivity index (χ0v) is 15.2. The van der Waals surface area contributed by atoms with Crippen LogP contribution in [-0.4, -0.2) is 21.6 Å². The van der Waals surface area contributed by atoms with Gasteiger partial charge in [-0.05, 0) is 42.8 Å². The van der Waals surface area contributed by atoms with E-state index in [1.807, 2.05) is 0 Å². The molecule has 0 saturated carbocycles. The van der Waals surface area contributed by atoms with Gasteiger partial charge >= 0.3 is 5.97 Å². The molecule has 0 aliphatic heterocycles. The van der Waals surface area contributed by atoms with Gasteiger partial charge in [-0.15, -0.1) is 0 Å². The van der Waals surface area contributed by atoms with Crippen LogP contribution in [0.15, 0.2) is 47.5 Å². The lowest BCUT2D eigenvalue weighted by atomic mass is 10.2. The highest BCUT2D eigenvalue weighted by atomic mass is 35.5. The topological polar surface area (TPSA) is 71.7 Å². The first-order valence-corrected chi connectivity index (χ1v) is 8.98. The van der Waals surface area contributed by atoms with Crippen molar-refractivity contribution in [1.82, 2.24) is 4.57 Å². The molecule has 1 atom stereocenters. The maximum atomic E-state index is 14.2. The van der Waals surface area contributed by atoms with Crippen LogP contribution in [0.3, 0.4) is 0 Å². The third kappa shape index (κ3) is 3.40. The van der Waals surface area contributed by atoms with E-state index >= 15 is 0 Å². The van der Waals surface area contributed by atoms with Crippen LogP contribution in [-0.2, 0) is 4.79 Å². The summed E-state index contributed by atoms with van der Waals surface area (Å²) in [6.07, 6.45) is 0.264. The molecule has 0 saturated heterocycles. The first kappa shape index (κ1) is 18.3. The van der Waals surface area contributed by atoms with Crippen molar-refractivity contribution in [3.63, 3.8) is 0 Å². The van der Waals surface area contributed by atoms with Crippen molar-refractivity contribution in [1.29, 1.82) is 0 Å². The molecule has 1 unspecified atom stereocenters. The highest BCUT2D eigenvalue weighted by molar-refractivity contribution is 7.16. The first-order valence-electron chi connectivity index (χ1n) is 7.79. The predicted molar refractivity (Wildman–Crippen MR) is 98.1 cm³/mol. The summed E-state index contributed by atoms with van der Waals surface area (Å²) in [7, 11) is 0. The number of thiazole rings is 1. The molecular formula is C18H14ClFN2O3S. The largest absolute Gasteiger partial charge is 0.480 e. The van der Waals surface area contributed by atoms with Crippen LogP contribution in [0.2, 0.25) is 5.02 Å². The third-order valence-corrected chi connectivity index (χ3v) is 5.21. The fourth-order valence-corrected chi connectivity index (χ4v) is 3.82. The summed E-state index contributed by atoms with van der Waals surface area (Å²) in [5.41, 5.74) is 0.703. The Morgan fingerprint density at radius 3 is 2.58 bits per heavy atom. The lowest BCUT2D eigenvalue weighted by molar-refractivity contribution is -0.140. The van der Waals surface area contributed by atoms with E-state index in [-0.39, 0.29) is 15.9 Å². The number of benzene rings is 2. The SMILES string of the molecule is CCC(C(=O)O)n1/c(=N/C(=O)c2ccc(Cl)cc2)sc2c(F)cccc21. The monoisotopic (exact) mass is 392 g/mol. The molecule has 3 rings (SSSR count). The molecule has 2 aromatic carbocycles. The van der Waals surface area contributed by atoms with Crippen molar-refractivity contribution < 1.29 is 19.1 Å². The molecule has 0 fully saturated rings. The standard InChI is InChI=1S/C18H14ClFN2O3S/c1-2-13(17(24)25)22-14-5-3-4-12(20)15(14)26-18(22)21-16(23)10-6-8-11(19)9-7-10/h3-9,13H,2H2,1H3,(H,24,25)/b21-18-. The maximum absolute atomic E-state index is 14.2. The molecule has 1 aromatic heterocycles. The maximum Gasteiger partial charge on any atom is 0.326 e. The van der Waals surface area contributed by atoms with E-state index in [9.17, 15) is 19.1 Å². The minimum atomic E-state index is -1.07. The molecule has 0 bridgehead atoms. The summed E-state index contributed by atoms with van der Waals surface area (Å²) in [5, 5.41) is 10.0. The quantitative estimate of drug-likeness (QED) is 0.720. The number of hydrogen-bond donors (Lipinski definition) is 1. The number of carbonyl (C=O) groups excluding carboxylic acids is 1. The Bertz CT molecular complexity index is 1060. The number of fused-ring (bicyclic) bond motifs is 1. The van der Waals surface area contributed by atoms with Crippen LogP contribution in [0.1, 0.15) is 29.7 Å². The second-order valence-electron chi connectivity index (χ2n) is 5.53. The number of aliphatic carboxylic acids is 1. The second kappa shape index (κ2) is 7.39. The molecule has 26 heavy (non-hydrogen) atoms. The van der Waals surface area contributed by atoms with Crippen LogP contribution in [0.25, 0.3) is 10.2 Å². The molecule has 3 aromatic rings. The Kier molecular flexibility index (Phi) is 5.20. The number of carboxylic acids is 1. The van der Waals surface area contributed by atoms with Crippen molar-refractivity contribution in [2.75, 3.05) is 0 Å². The van der Waals surface area contributed by atoms with Crippen molar-refractivity contribution in [2.24, 2.45) is 4.99 Å². The number of aromatic nitrogens is 1. The van der Waals surface area contributed by atoms with Gasteiger partial charge in [0, 0.05) is 10.6 Å². The summed E-state index contributed by atoms with van der Waals surface area (Å²) < 4.78 is 15.8. The third-order valence-electron chi connectivity index (χ3n) is 3.88. The van der Waals surface area contributed by atoms with E-state index in [4.69, 9.17) is 11.6 Å². The fraction of sp³-hybridized carbons (Fsp3) is 0.167. The van der Waals surface area contributed by atoms with Crippen LogP contribution < -0.4 is 4.80 Å². The van der Waals surface area contributed by atoms with Gasteiger partial charge in [0.1, 0.15) is 11.9 Å². The molecule has 5 nitrogen and oxygen atoms in total. The number of nitrogens with zero attached hydrogens (tertiary/aromatic N) is 2. The number of carboxylic acid groups (broad SMARTS) is 1. The molecule has 0 aliphatic rings. The highest BCUT2D eigenvalue weighted by Gasteiger charge is 2.23. The van der Waals surface area contributed by atoms with Crippen molar-refractivity contribution in [2.45, 2.75) is 19.4 Å². The van der Waals surface area contributed by atoms with Gasteiger partial charge < -0.3 is 9.67 Å². The molecular weight excluding hydrogens is 379 g/mol. The Balaban J connectivity index is 2.24. The highest BCUT2D eigenvalue weighted by Crippen LogP contribution is 2.25. The van der Waals surface area contributed by atoms with E-state index in [0.717, 1.165) is 11.3 Å². The van der Waals surface area contributed by atoms with Gasteiger partial charge in [-0.1, -0.05) is 35.9 Å². The summed E-state index contributed by atoms with van der Waals surface area (Å²) in [6.45, 7) is 1.71. The van der Waals surface area contributed by atoms with Gasteiger partial charge in [0.05, 0.1) is 10.2 Å². The first-order chi connectivity index (χ1) is 12.4. The van der Waals surface area contributed by atoms with E-state index in [1.165, 1.54) is 28.8 Å². The number of rotatable bonds is 4. The Morgan fingerprint density at radius 2 is 1.96 bits per heavy atom. The summed E-state index contributed by atoms with van der Waals surface area (Å²) in [6, 6.07) is 9.64. The van der Waals surface area contributed by atoms with Gasteiger partial charge in [-0.25, -0.2) is 9.18 Å². The van der Waals surface area contributed by atoms with Gasteiger partial charge in [-0.3, -0.25) is 4.79 Å². The number of carbonyl (C=O) groups is 2. The average molecular weight is 393 g/mol. The van der Waals surface area contributed by atoms with Gasteiger partial charge in [0.15, 0.2) is 4.80 Å². The molecule has 1 N–H and O–H groups in total. The minimum Gasteiger partial charge on any atom is -0.480 e. The molecule has 0 spiro atoms. The van der Waals surface area contributed by atoms with E-state index in [1.54, 1.807) is 25.1 Å². The average Bonchev–Trinajstić information content (AvgIpc) is 2.95. The normalized spacial score (nSPS) is 13.1. The molecule has 1 heterocycles. The Hall–Kier alpha value is -2.51. The summed E-state index contributed by atoms with van der Waals surface area (Å²) in [4.78, 5) is 28.3. The summed E-state index contributed by atoms with van der Waals surface area (Å²) >= 11 is 6.77. The Morgan fingerprint density at radius 1 is 1.27 bits per heavy atom. The Labute approximate surface area is 157 Å². The van der Waals surface area contributed by atoms with E-state index < -0.39 is 23.7 Å². The minimum absolute atomic E-state index is 0.138. The van der Waals surface area contributed by atoms with Crippen molar-refractivity contribution in [3.05, 3.63) is 63.7 Å². The molecule has 0 aliphatic carbocycles. The number of amides is 1. The summed E-state index contributed by atoms with van der Waals surface area (Å²) in [5.74, 6) is -2.11. The van der Waals surface area contributed by atoms with E-state index in [0.29, 0.717) is 16.1 Å².